The van der Waals surface area contributed by atoms with E-state index in [0.717, 1.165) is 0 Å². The van der Waals surface area contributed by atoms with Crippen LogP contribution in [0.4, 0.5) is 5.69 Å². The lowest BCUT2D eigenvalue weighted by Gasteiger charge is -2.06. The highest BCUT2D eigenvalue weighted by Crippen LogP contribution is 2.30. The summed E-state index contributed by atoms with van der Waals surface area (Å²) in [6.45, 7) is 0. The third-order valence-corrected chi connectivity index (χ3v) is 3.23. The molecule has 0 radical (unpaired) electrons. The number of aromatic amines is 1. The molecule has 1 amide bonds. The Morgan fingerprint density at radius 3 is 3.00 bits per heavy atom. The first kappa shape index (κ1) is 11.1. The lowest BCUT2D eigenvalue weighted by atomic mass is 10.3. The number of hydrogen-bond acceptors (Lipinski definition) is 3. The summed E-state index contributed by atoms with van der Waals surface area (Å²) in [6, 6.07) is 5.18. The van der Waals surface area contributed by atoms with Gasteiger partial charge in [-0.2, -0.15) is 5.10 Å². The van der Waals surface area contributed by atoms with Gasteiger partial charge in [0.25, 0.3) is 5.91 Å². The quantitative estimate of drug-likeness (QED) is 0.895. The summed E-state index contributed by atoms with van der Waals surface area (Å²) in [4.78, 5) is 15.4. The summed E-state index contributed by atoms with van der Waals surface area (Å²) in [6.07, 6.45) is 1.27. The average Bonchev–Trinajstić information content (AvgIpc) is 2.78. The summed E-state index contributed by atoms with van der Waals surface area (Å²) >= 11 is 9.17. The predicted octanol–water partition coefficient (Wildman–Crippen LogP) is 2.47. The van der Waals surface area contributed by atoms with Crippen molar-refractivity contribution in [3.05, 3.63) is 39.8 Å². The van der Waals surface area contributed by atoms with Crippen molar-refractivity contribution in [2.75, 3.05) is 5.32 Å². The highest BCUT2D eigenvalue weighted by Gasteiger charge is 2.11. The van der Waals surface area contributed by atoms with Crippen molar-refractivity contribution < 1.29 is 4.79 Å². The van der Waals surface area contributed by atoms with Crippen LogP contribution in [0.25, 0.3) is 0 Å². The molecule has 0 bridgehead atoms. The molecule has 2 N–H and O–H groups in total. The monoisotopic (exact) mass is 300 g/mol. The van der Waals surface area contributed by atoms with E-state index in [1.54, 1.807) is 18.2 Å². The summed E-state index contributed by atoms with van der Waals surface area (Å²) < 4.78 is 0.629. The molecule has 1 aromatic carbocycles. The van der Waals surface area contributed by atoms with E-state index in [0.29, 0.717) is 15.2 Å². The van der Waals surface area contributed by atoms with Gasteiger partial charge in [0.2, 0.25) is 5.82 Å². The third-order valence-electron chi connectivity index (χ3n) is 1.83. The first-order valence-electron chi connectivity index (χ1n) is 4.29. The number of carbonyl (C=O) groups excluding carboxylic acids is 1. The molecule has 5 nitrogen and oxygen atoms in total. The van der Waals surface area contributed by atoms with E-state index < -0.39 is 0 Å². The van der Waals surface area contributed by atoms with E-state index in [1.807, 2.05) is 0 Å². The van der Waals surface area contributed by atoms with Crippen LogP contribution in [0.15, 0.2) is 29.0 Å². The van der Waals surface area contributed by atoms with Crippen LogP contribution in [-0.4, -0.2) is 21.1 Å². The zero-order valence-corrected chi connectivity index (χ0v) is 10.2. The minimum atomic E-state index is -0.375. The van der Waals surface area contributed by atoms with Gasteiger partial charge >= 0.3 is 0 Å². The number of aromatic nitrogens is 3. The first-order chi connectivity index (χ1) is 7.68. The molecule has 0 saturated carbocycles. The van der Waals surface area contributed by atoms with Gasteiger partial charge in [-0.3, -0.25) is 9.89 Å². The fourth-order valence-electron chi connectivity index (χ4n) is 1.10. The molecule has 16 heavy (non-hydrogen) atoms. The number of amides is 1. The van der Waals surface area contributed by atoms with Crippen LogP contribution in [-0.2, 0) is 0 Å². The van der Waals surface area contributed by atoms with Gasteiger partial charge in [0, 0.05) is 0 Å². The molecule has 0 spiro atoms. The standard InChI is InChI=1S/C9H6BrClN4O/c10-7-5(11)2-1-3-6(7)14-9(16)8-12-4-13-15-8/h1-4H,(H,14,16)(H,12,13,15). The molecule has 0 aliphatic carbocycles. The molecule has 1 heterocycles. The molecular formula is C9H6BrClN4O. The summed E-state index contributed by atoms with van der Waals surface area (Å²) in [5, 5.41) is 9.23. The number of nitrogens with one attached hydrogen (secondary N) is 2. The van der Waals surface area contributed by atoms with Gasteiger partial charge in [-0.1, -0.05) is 17.7 Å². The minimum absolute atomic E-state index is 0.145. The highest BCUT2D eigenvalue weighted by atomic mass is 79.9. The van der Waals surface area contributed by atoms with Crippen LogP contribution in [0.2, 0.25) is 5.02 Å². The molecular weight excluding hydrogens is 295 g/mol. The van der Waals surface area contributed by atoms with Gasteiger partial charge < -0.3 is 5.32 Å². The Kier molecular flexibility index (Phi) is 3.21. The number of H-pyrrole nitrogens is 1. The molecule has 2 aromatic rings. The number of hydrogen-bond donors (Lipinski definition) is 2. The van der Waals surface area contributed by atoms with E-state index in [9.17, 15) is 4.79 Å². The Balaban J connectivity index is 2.22. The van der Waals surface area contributed by atoms with Gasteiger partial charge in [-0.25, -0.2) is 4.98 Å². The Morgan fingerprint density at radius 2 is 2.31 bits per heavy atom. The van der Waals surface area contributed by atoms with Gasteiger partial charge in [-0.15, -0.1) is 0 Å². The molecule has 2 rings (SSSR count). The van der Waals surface area contributed by atoms with Crippen molar-refractivity contribution in [2.24, 2.45) is 0 Å². The van der Waals surface area contributed by atoms with Gasteiger partial charge in [0.05, 0.1) is 15.2 Å². The Bertz CT molecular complexity index is 514. The van der Waals surface area contributed by atoms with E-state index in [4.69, 9.17) is 11.6 Å². The van der Waals surface area contributed by atoms with Gasteiger partial charge in [0.15, 0.2) is 0 Å². The van der Waals surface area contributed by atoms with Crippen LogP contribution in [0, 0.1) is 0 Å². The van der Waals surface area contributed by atoms with Crippen LogP contribution >= 0.6 is 27.5 Å². The molecule has 0 fully saturated rings. The first-order valence-corrected chi connectivity index (χ1v) is 5.46. The SMILES string of the molecule is O=C(Nc1cccc(Cl)c1Br)c1ncn[nH]1. The van der Waals surface area contributed by atoms with Crippen LogP contribution < -0.4 is 5.32 Å². The van der Waals surface area contributed by atoms with Crippen molar-refractivity contribution in [3.63, 3.8) is 0 Å². The summed E-state index contributed by atoms with van der Waals surface area (Å²) in [5.41, 5.74) is 0.578. The van der Waals surface area contributed by atoms with Crippen molar-refractivity contribution >= 4 is 39.1 Å². The second-order valence-electron chi connectivity index (χ2n) is 2.89. The Morgan fingerprint density at radius 1 is 1.50 bits per heavy atom. The van der Waals surface area contributed by atoms with Gasteiger partial charge in [0.1, 0.15) is 6.33 Å². The molecule has 0 saturated heterocycles. The maximum atomic E-state index is 11.6. The molecule has 0 aliphatic rings. The van der Waals surface area contributed by atoms with E-state index in [2.05, 4.69) is 36.4 Å². The largest absolute Gasteiger partial charge is 0.318 e. The highest BCUT2D eigenvalue weighted by molar-refractivity contribution is 9.10. The lowest BCUT2D eigenvalue weighted by Crippen LogP contribution is -2.14. The lowest BCUT2D eigenvalue weighted by molar-refractivity contribution is 0.101. The molecule has 0 aliphatic heterocycles. The maximum Gasteiger partial charge on any atom is 0.293 e. The predicted molar refractivity (Wildman–Crippen MR) is 63.5 cm³/mol. The van der Waals surface area contributed by atoms with E-state index in [-0.39, 0.29) is 11.7 Å². The number of nitrogens with zero attached hydrogens (tertiary/aromatic N) is 2. The normalized spacial score (nSPS) is 10.1. The Hall–Kier alpha value is -1.40. The van der Waals surface area contributed by atoms with Crippen LogP contribution in [0.3, 0.4) is 0 Å². The molecule has 0 unspecified atom stereocenters. The van der Waals surface area contributed by atoms with E-state index >= 15 is 0 Å². The molecule has 82 valence electrons. The smallest absolute Gasteiger partial charge is 0.293 e. The summed E-state index contributed by atoms with van der Waals surface area (Å²) in [7, 11) is 0. The second kappa shape index (κ2) is 4.63. The maximum absolute atomic E-state index is 11.6. The molecule has 1 aromatic heterocycles. The number of benzene rings is 1. The zero-order valence-electron chi connectivity index (χ0n) is 7.87. The number of halogens is 2. The van der Waals surface area contributed by atoms with Crippen LogP contribution in [0.5, 0.6) is 0 Å². The van der Waals surface area contributed by atoms with Crippen molar-refractivity contribution in [2.45, 2.75) is 0 Å². The molecule has 0 atom stereocenters. The van der Waals surface area contributed by atoms with Crippen molar-refractivity contribution in [1.29, 1.82) is 0 Å². The molecule has 7 heteroatoms. The third kappa shape index (κ3) is 2.23. The second-order valence-corrected chi connectivity index (χ2v) is 4.09. The summed E-state index contributed by atoms with van der Waals surface area (Å²) in [5.74, 6) is -0.229. The number of anilines is 1. The fourth-order valence-corrected chi connectivity index (χ4v) is 1.63. The Labute approximate surface area is 104 Å². The zero-order chi connectivity index (χ0) is 11.5. The van der Waals surface area contributed by atoms with Crippen molar-refractivity contribution in [3.8, 4) is 0 Å². The topological polar surface area (TPSA) is 70.7 Å². The van der Waals surface area contributed by atoms with Crippen molar-refractivity contribution in [1.82, 2.24) is 15.2 Å². The average molecular weight is 302 g/mol. The number of carbonyl (C=O) groups is 1. The number of rotatable bonds is 2. The van der Waals surface area contributed by atoms with E-state index in [1.165, 1.54) is 6.33 Å². The van der Waals surface area contributed by atoms with Gasteiger partial charge in [-0.05, 0) is 28.1 Å². The minimum Gasteiger partial charge on any atom is -0.318 e. The van der Waals surface area contributed by atoms with Crippen LogP contribution in [0.1, 0.15) is 10.6 Å². The fraction of sp³-hybridized carbons (Fsp3) is 0.